The van der Waals surface area contributed by atoms with Gasteiger partial charge in [-0.15, -0.1) is 0 Å². The summed E-state index contributed by atoms with van der Waals surface area (Å²) in [6.45, 7) is 6.78. The van der Waals surface area contributed by atoms with Crippen molar-refractivity contribution in [2.75, 3.05) is 23.4 Å². The molecular weight excluding hydrogens is 308 g/mol. The molecule has 1 saturated heterocycles. The zero-order chi connectivity index (χ0) is 16.9. The summed E-state index contributed by atoms with van der Waals surface area (Å²) in [5, 5.41) is 16.6. The monoisotopic (exact) mass is 336 g/mol. The average Bonchev–Trinajstić information content (AvgIpc) is 2.93. The van der Waals surface area contributed by atoms with Gasteiger partial charge in [-0.3, -0.25) is 4.79 Å². The van der Waals surface area contributed by atoms with Crippen molar-refractivity contribution in [3.8, 4) is 0 Å². The molecule has 1 fully saturated rings. The van der Waals surface area contributed by atoms with Gasteiger partial charge in [-0.05, 0) is 36.6 Å². The number of carbonyl (C=O) groups is 1. The molecule has 1 amide bonds. The Labute approximate surface area is 143 Å². The predicted molar refractivity (Wildman–Crippen MR) is 98.1 cm³/mol. The minimum atomic E-state index is -0.611. The van der Waals surface area contributed by atoms with E-state index in [2.05, 4.69) is 30.5 Å². The third-order valence-electron chi connectivity index (χ3n) is 4.21. The SMILES string of the molecule is CC(C)c1ccccc1NC(=O)C[C@@H](C)NC[C@@]1(O)CCSC1. The van der Waals surface area contributed by atoms with Crippen LogP contribution in [0, 0.1) is 0 Å². The molecule has 0 aromatic heterocycles. The van der Waals surface area contributed by atoms with Crippen molar-refractivity contribution in [3.63, 3.8) is 0 Å². The molecule has 23 heavy (non-hydrogen) atoms. The highest BCUT2D eigenvalue weighted by atomic mass is 32.2. The molecule has 1 heterocycles. The Kier molecular flexibility index (Phi) is 6.50. The second-order valence-corrected chi connectivity index (χ2v) is 7.91. The number of benzene rings is 1. The van der Waals surface area contributed by atoms with Gasteiger partial charge in [-0.1, -0.05) is 32.0 Å². The van der Waals surface area contributed by atoms with Gasteiger partial charge in [0.1, 0.15) is 0 Å². The Bertz CT molecular complexity index is 528. The normalized spacial score (nSPS) is 22.3. The van der Waals surface area contributed by atoms with Crippen LogP contribution in [0.4, 0.5) is 5.69 Å². The lowest BCUT2D eigenvalue weighted by atomic mass is 10.0. The van der Waals surface area contributed by atoms with Crippen LogP contribution in [0.1, 0.15) is 45.1 Å². The van der Waals surface area contributed by atoms with Gasteiger partial charge in [-0.25, -0.2) is 0 Å². The molecule has 2 rings (SSSR count). The lowest BCUT2D eigenvalue weighted by Crippen LogP contribution is -2.44. The van der Waals surface area contributed by atoms with E-state index < -0.39 is 5.60 Å². The van der Waals surface area contributed by atoms with Crippen LogP contribution >= 0.6 is 11.8 Å². The van der Waals surface area contributed by atoms with Crippen molar-refractivity contribution < 1.29 is 9.90 Å². The number of thioether (sulfide) groups is 1. The van der Waals surface area contributed by atoms with Gasteiger partial charge in [0.05, 0.1) is 5.60 Å². The first-order chi connectivity index (χ1) is 10.9. The molecule has 0 aliphatic carbocycles. The van der Waals surface area contributed by atoms with Gasteiger partial charge >= 0.3 is 0 Å². The molecule has 1 aromatic carbocycles. The molecule has 2 atom stereocenters. The fourth-order valence-electron chi connectivity index (χ4n) is 2.77. The van der Waals surface area contributed by atoms with Gasteiger partial charge in [-0.2, -0.15) is 11.8 Å². The molecule has 0 spiro atoms. The minimum Gasteiger partial charge on any atom is -0.388 e. The van der Waals surface area contributed by atoms with Gasteiger partial charge in [0.2, 0.25) is 5.91 Å². The molecule has 0 bridgehead atoms. The van der Waals surface area contributed by atoms with Crippen LogP contribution in [0.3, 0.4) is 0 Å². The van der Waals surface area contributed by atoms with Crippen molar-refractivity contribution in [1.29, 1.82) is 0 Å². The molecule has 0 saturated carbocycles. The number of amides is 1. The van der Waals surface area contributed by atoms with Crippen molar-refractivity contribution in [2.24, 2.45) is 0 Å². The quantitative estimate of drug-likeness (QED) is 0.716. The van der Waals surface area contributed by atoms with Crippen LogP contribution < -0.4 is 10.6 Å². The van der Waals surface area contributed by atoms with Crippen LogP contribution in [0.5, 0.6) is 0 Å². The van der Waals surface area contributed by atoms with Crippen molar-refractivity contribution >= 4 is 23.4 Å². The Morgan fingerprint density at radius 1 is 1.35 bits per heavy atom. The first-order valence-electron chi connectivity index (χ1n) is 8.32. The zero-order valence-electron chi connectivity index (χ0n) is 14.3. The van der Waals surface area contributed by atoms with Gasteiger partial charge < -0.3 is 15.7 Å². The van der Waals surface area contributed by atoms with Crippen molar-refractivity contribution in [2.45, 2.75) is 51.2 Å². The first kappa shape index (κ1) is 18.3. The van der Waals surface area contributed by atoms with Crippen LogP contribution in [-0.4, -0.2) is 40.7 Å². The van der Waals surface area contributed by atoms with E-state index in [-0.39, 0.29) is 11.9 Å². The van der Waals surface area contributed by atoms with E-state index >= 15 is 0 Å². The van der Waals surface area contributed by atoms with Gasteiger partial charge in [0, 0.05) is 30.4 Å². The summed E-state index contributed by atoms with van der Waals surface area (Å²) >= 11 is 1.78. The highest BCUT2D eigenvalue weighted by Gasteiger charge is 2.31. The molecule has 128 valence electrons. The van der Waals surface area contributed by atoms with E-state index in [1.165, 1.54) is 0 Å². The zero-order valence-corrected chi connectivity index (χ0v) is 15.1. The average molecular weight is 337 g/mol. The van der Waals surface area contributed by atoms with Gasteiger partial charge in [0.15, 0.2) is 0 Å². The number of hydrogen-bond acceptors (Lipinski definition) is 4. The topological polar surface area (TPSA) is 61.4 Å². The molecule has 0 unspecified atom stereocenters. The lowest BCUT2D eigenvalue weighted by Gasteiger charge is -2.24. The molecule has 1 aromatic rings. The van der Waals surface area contributed by atoms with E-state index in [1.807, 2.05) is 25.1 Å². The summed E-state index contributed by atoms with van der Waals surface area (Å²) in [6.07, 6.45) is 1.22. The molecule has 4 nitrogen and oxygen atoms in total. The lowest BCUT2D eigenvalue weighted by molar-refractivity contribution is -0.116. The summed E-state index contributed by atoms with van der Waals surface area (Å²) in [4.78, 5) is 12.3. The molecule has 1 aliphatic heterocycles. The smallest absolute Gasteiger partial charge is 0.225 e. The predicted octanol–water partition coefficient (Wildman–Crippen LogP) is 2.98. The summed E-state index contributed by atoms with van der Waals surface area (Å²) in [5.41, 5.74) is 1.43. The number of para-hydroxylation sites is 1. The number of carbonyl (C=O) groups excluding carboxylic acids is 1. The number of aliphatic hydroxyl groups is 1. The third-order valence-corrected chi connectivity index (χ3v) is 5.44. The van der Waals surface area contributed by atoms with Crippen molar-refractivity contribution in [3.05, 3.63) is 29.8 Å². The second kappa shape index (κ2) is 8.18. The number of nitrogens with one attached hydrogen (secondary N) is 2. The van der Waals surface area contributed by atoms with E-state index in [0.29, 0.717) is 18.9 Å². The molecule has 1 aliphatic rings. The van der Waals surface area contributed by atoms with Crippen LogP contribution in [0.2, 0.25) is 0 Å². The summed E-state index contributed by atoms with van der Waals surface area (Å²) in [6, 6.07) is 7.97. The van der Waals surface area contributed by atoms with E-state index in [9.17, 15) is 9.90 Å². The standard InChI is InChI=1S/C18H28N2O2S/c1-13(2)15-6-4-5-7-16(15)20-17(21)10-14(3)19-11-18(22)8-9-23-12-18/h4-7,13-14,19,22H,8-12H2,1-3H3,(H,20,21)/t14-,18+/m1/s1. The number of hydrogen-bond donors (Lipinski definition) is 3. The molecule has 3 N–H and O–H groups in total. The first-order valence-corrected chi connectivity index (χ1v) is 9.47. The number of anilines is 1. The van der Waals surface area contributed by atoms with Crippen LogP contribution in [-0.2, 0) is 4.79 Å². The van der Waals surface area contributed by atoms with Gasteiger partial charge in [0.25, 0.3) is 0 Å². The Balaban J connectivity index is 1.82. The minimum absolute atomic E-state index is 0.00545. The fourth-order valence-corrected chi connectivity index (χ4v) is 4.06. The highest BCUT2D eigenvalue weighted by Crippen LogP contribution is 2.27. The Hall–Kier alpha value is -1.04. The molecular formula is C18H28N2O2S. The fraction of sp³-hybridized carbons (Fsp3) is 0.611. The van der Waals surface area contributed by atoms with Crippen LogP contribution in [0.25, 0.3) is 0 Å². The van der Waals surface area contributed by atoms with E-state index in [0.717, 1.165) is 29.2 Å². The molecule has 5 heteroatoms. The Morgan fingerprint density at radius 3 is 2.74 bits per heavy atom. The maximum Gasteiger partial charge on any atom is 0.225 e. The molecule has 0 radical (unpaired) electrons. The third kappa shape index (κ3) is 5.52. The highest BCUT2D eigenvalue weighted by molar-refractivity contribution is 7.99. The van der Waals surface area contributed by atoms with Crippen molar-refractivity contribution in [1.82, 2.24) is 5.32 Å². The summed E-state index contributed by atoms with van der Waals surface area (Å²) < 4.78 is 0. The summed E-state index contributed by atoms with van der Waals surface area (Å²) in [7, 11) is 0. The maximum absolute atomic E-state index is 12.3. The maximum atomic E-state index is 12.3. The largest absolute Gasteiger partial charge is 0.388 e. The van der Waals surface area contributed by atoms with E-state index in [1.54, 1.807) is 11.8 Å². The number of rotatable bonds is 7. The second-order valence-electron chi connectivity index (χ2n) is 6.80. The summed E-state index contributed by atoms with van der Waals surface area (Å²) in [5.74, 6) is 2.17. The Morgan fingerprint density at radius 2 is 2.09 bits per heavy atom. The van der Waals surface area contributed by atoms with Crippen LogP contribution in [0.15, 0.2) is 24.3 Å². The van der Waals surface area contributed by atoms with E-state index in [4.69, 9.17) is 0 Å².